The van der Waals surface area contributed by atoms with Crippen molar-refractivity contribution in [3.05, 3.63) is 21.9 Å². The summed E-state index contributed by atoms with van der Waals surface area (Å²) in [5.74, 6) is -0.523. The Morgan fingerprint density at radius 1 is 1.59 bits per heavy atom. The third-order valence-corrected chi connectivity index (χ3v) is 4.11. The summed E-state index contributed by atoms with van der Waals surface area (Å²) in [5.41, 5.74) is -1.47. The molecule has 1 unspecified atom stereocenters. The van der Waals surface area contributed by atoms with Crippen molar-refractivity contribution in [3.8, 4) is 0 Å². The molecule has 0 bridgehead atoms. The first-order chi connectivity index (χ1) is 7.58. The molecule has 2 N–H and O–H groups in total. The van der Waals surface area contributed by atoms with E-state index in [0.717, 1.165) is 11.3 Å². The molecule has 89 valence electrons. The summed E-state index contributed by atoms with van der Waals surface area (Å²) >= 11 is 5.81. The maximum absolute atomic E-state index is 11.5. The van der Waals surface area contributed by atoms with Crippen molar-refractivity contribution in [1.82, 2.24) is 5.32 Å². The monoisotopic (exact) mass is 345 g/mol. The van der Waals surface area contributed by atoms with Gasteiger partial charge in [0, 0.05) is 50.6 Å². The van der Waals surface area contributed by atoms with Crippen molar-refractivity contribution in [2.45, 2.75) is 12.0 Å². The van der Waals surface area contributed by atoms with Crippen LogP contribution in [-0.4, -0.2) is 29.1 Å². The molecule has 7 heteroatoms. The number of rotatable bonds is 3. The Hall–Kier alpha value is 0.254. The van der Waals surface area contributed by atoms with E-state index in [1.807, 2.05) is 0 Å². The Balaban J connectivity index is 0.00000144. The Morgan fingerprint density at radius 3 is 2.82 bits per heavy atom. The van der Waals surface area contributed by atoms with E-state index in [9.17, 15) is 14.7 Å². The van der Waals surface area contributed by atoms with Gasteiger partial charge in [0.15, 0.2) is 5.60 Å². The first-order valence-corrected chi connectivity index (χ1v) is 6.19. The van der Waals surface area contributed by atoms with Gasteiger partial charge < -0.3 is 23.1 Å². The normalized spacial score (nSPS) is 23.1. The number of thiophene rings is 1. The van der Waals surface area contributed by atoms with Crippen molar-refractivity contribution < 1.29 is 47.4 Å². The third-order valence-electron chi connectivity index (χ3n) is 2.57. The predicted octanol–water partition coefficient (Wildman–Crippen LogP) is 0.183. The van der Waals surface area contributed by atoms with Crippen LogP contribution in [0.1, 0.15) is 21.0 Å². The number of hydrogen-bond acceptors (Lipinski definition) is 5. The standard InChI is InChI=1S/C10H11NO3S2.Y/c12-6(5-15)7-1-2-8(16-7)10(14)3-4-11-9(10)13;/h1-2,14-15H,3-5H2,(H,11,13);/p-1. The second kappa shape index (κ2) is 5.93. The number of ketones is 1. The number of carbonyl (C=O) groups excluding carboxylic acids is 2. The van der Waals surface area contributed by atoms with Crippen LogP contribution < -0.4 is 5.32 Å². The molecule has 1 atom stereocenters. The van der Waals surface area contributed by atoms with E-state index in [-0.39, 0.29) is 44.2 Å². The van der Waals surface area contributed by atoms with Crippen LogP contribution in [0.2, 0.25) is 0 Å². The number of hydrogen-bond donors (Lipinski definition) is 2. The molecule has 1 radical (unpaired) electrons. The van der Waals surface area contributed by atoms with Crippen molar-refractivity contribution >= 4 is 35.7 Å². The minimum absolute atomic E-state index is 0. The molecule has 4 nitrogen and oxygen atoms in total. The number of aliphatic hydroxyl groups is 1. The smallest absolute Gasteiger partial charge is 0.257 e. The largest absolute Gasteiger partial charge is 0.785 e. The summed E-state index contributed by atoms with van der Waals surface area (Å²) in [6, 6.07) is 3.23. The second-order valence-electron chi connectivity index (χ2n) is 3.60. The Labute approximate surface area is 133 Å². The van der Waals surface area contributed by atoms with Crippen molar-refractivity contribution in [1.29, 1.82) is 0 Å². The Bertz CT molecular complexity index is 449. The van der Waals surface area contributed by atoms with E-state index in [0.29, 0.717) is 22.7 Å². The summed E-state index contributed by atoms with van der Waals surface area (Å²) in [7, 11) is 0. The molecule has 1 saturated heterocycles. The molecule has 1 aromatic rings. The Kier molecular flexibility index (Phi) is 5.34. The van der Waals surface area contributed by atoms with Crippen LogP contribution in [0.4, 0.5) is 0 Å². The summed E-state index contributed by atoms with van der Waals surface area (Å²) in [5, 5.41) is 12.7. The fraction of sp³-hybridized carbons (Fsp3) is 0.400. The molecule has 2 rings (SSSR count). The van der Waals surface area contributed by atoms with E-state index >= 15 is 0 Å². The summed E-state index contributed by atoms with van der Waals surface area (Å²) < 4.78 is 0. The zero-order valence-corrected chi connectivity index (χ0v) is 13.4. The molecule has 17 heavy (non-hydrogen) atoms. The van der Waals surface area contributed by atoms with Gasteiger partial charge in [-0.15, -0.1) is 17.1 Å². The van der Waals surface area contributed by atoms with Gasteiger partial charge in [0.1, 0.15) is 5.78 Å². The van der Waals surface area contributed by atoms with Gasteiger partial charge in [-0.2, -0.15) is 0 Å². The van der Waals surface area contributed by atoms with Gasteiger partial charge in [-0.25, -0.2) is 0 Å². The zero-order chi connectivity index (χ0) is 11.8. The predicted molar refractivity (Wildman–Crippen MR) is 62.4 cm³/mol. The van der Waals surface area contributed by atoms with Crippen LogP contribution >= 0.6 is 11.3 Å². The minimum atomic E-state index is -1.47. The van der Waals surface area contributed by atoms with E-state index < -0.39 is 11.5 Å². The van der Waals surface area contributed by atoms with Gasteiger partial charge in [0.05, 0.1) is 4.88 Å². The maximum Gasteiger partial charge on any atom is 0.257 e. The molecule has 0 aromatic carbocycles. The molecule has 1 aliphatic heterocycles. The fourth-order valence-corrected chi connectivity index (χ4v) is 2.94. The molecular formula is C10H10NO3S2Y-. The van der Waals surface area contributed by atoms with Crippen LogP contribution in [0, 0.1) is 0 Å². The first kappa shape index (κ1) is 15.3. The topological polar surface area (TPSA) is 66.4 Å². The Morgan fingerprint density at radius 2 is 2.29 bits per heavy atom. The number of nitrogens with one attached hydrogen (secondary N) is 1. The summed E-state index contributed by atoms with van der Waals surface area (Å²) in [6.45, 7) is 0.456. The van der Waals surface area contributed by atoms with Gasteiger partial charge >= 0.3 is 0 Å². The molecule has 2 heterocycles. The van der Waals surface area contributed by atoms with Gasteiger partial charge in [-0.1, -0.05) is 0 Å². The molecule has 1 aliphatic rings. The van der Waals surface area contributed by atoms with Gasteiger partial charge in [0.2, 0.25) is 0 Å². The van der Waals surface area contributed by atoms with Crippen molar-refractivity contribution in [3.63, 3.8) is 0 Å². The zero-order valence-electron chi connectivity index (χ0n) is 8.93. The third kappa shape index (κ3) is 2.81. The van der Waals surface area contributed by atoms with Gasteiger partial charge in [0.25, 0.3) is 5.91 Å². The molecular weight excluding hydrogens is 335 g/mol. The van der Waals surface area contributed by atoms with E-state index in [1.165, 1.54) is 0 Å². The minimum Gasteiger partial charge on any atom is -0.785 e. The molecule has 0 spiro atoms. The van der Waals surface area contributed by atoms with E-state index in [1.54, 1.807) is 12.1 Å². The number of carbonyl (C=O) groups is 2. The van der Waals surface area contributed by atoms with Crippen LogP contribution in [-0.2, 0) is 55.7 Å². The summed E-state index contributed by atoms with van der Waals surface area (Å²) in [4.78, 5) is 23.8. The van der Waals surface area contributed by atoms with Crippen molar-refractivity contribution in [2.75, 3.05) is 12.3 Å². The molecule has 1 aromatic heterocycles. The van der Waals surface area contributed by atoms with Crippen LogP contribution in [0.5, 0.6) is 0 Å². The first-order valence-electron chi connectivity index (χ1n) is 4.80. The number of amides is 1. The second-order valence-corrected chi connectivity index (χ2v) is 4.97. The average molecular weight is 345 g/mol. The SMILES string of the molecule is O=C(C[S-])c1ccc(C2(O)CCNC2=O)s1.[Y]. The van der Waals surface area contributed by atoms with Crippen LogP contribution in [0.3, 0.4) is 0 Å². The molecule has 1 fully saturated rings. The van der Waals surface area contributed by atoms with Crippen LogP contribution in [0.15, 0.2) is 12.1 Å². The fourth-order valence-electron chi connectivity index (χ4n) is 1.63. The van der Waals surface area contributed by atoms with Gasteiger partial charge in [-0.05, 0) is 12.1 Å². The maximum atomic E-state index is 11.5. The van der Waals surface area contributed by atoms with E-state index in [2.05, 4.69) is 17.9 Å². The molecule has 0 saturated carbocycles. The quantitative estimate of drug-likeness (QED) is 0.606. The number of Topliss-reactive ketones (excluding diaryl/α,β-unsaturated/α-hetero) is 1. The van der Waals surface area contributed by atoms with Gasteiger partial charge in [-0.3, -0.25) is 9.59 Å². The van der Waals surface area contributed by atoms with Crippen molar-refractivity contribution in [2.24, 2.45) is 0 Å². The summed E-state index contributed by atoms with van der Waals surface area (Å²) in [6.07, 6.45) is 0.341. The molecule has 0 aliphatic carbocycles. The van der Waals surface area contributed by atoms with Crippen LogP contribution in [0.25, 0.3) is 0 Å². The van der Waals surface area contributed by atoms with E-state index in [4.69, 9.17) is 0 Å². The molecule has 1 amide bonds. The average Bonchev–Trinajstić information content (AvgIpc) is 2.87.